The van der Waals surface area contributed by atoms with Gasteiger partial charge in [-0.05, 0) is 13.8 Å². The van der Waals surface area contributed by atoms with Crippen molar-refractivity contribution in [2.75, 3.05) is 13.2 Å². The maximum Gasteiger partial charge on any atom is 0.295 e. The van der Waals surface area contributed by atoms with Crippen molar-refractivity contribution in [3.8, 4) is 0 Å². The molecule has 2 heterocycles. The van der Waals surface area contributed by atoms with Crippen LogP contribution in [0.2, 0.25) is 0 Å². The van der Waals surface area contributed by atoms with Crippen molar-refractivity contribution in [2.24, 2.45) is 0 Å². The van der Waals surface area contributed by atoms with Gasteiger partial charge in [-0.2, -0.15) is 0 Å². The molecule has 9 nitrogen and oxygen atoms in total. The fourth-order valence-corrected chi connectivity index (χ4v) is 3.16. The highest BCUT2D eigenvalue weighted by Gasteiger charge is 2.41. The van der Waals surface area contributed by atoms with Gasteiger partial charge in [-0.15, -0.1) is 0 Å². The van der Waals surface area contributed by atoms with Gasteiger partial charge in [0.15, 0.2) is 6.29 Å². The highest BCUT2D eigenvalue weighted by atomic mass is 16.7. The van der Waals surface area contributed by atoms with Crippen LogP contribution in [0.4, 0.5) is 0 Å². The lowest BCUT2D eigenvalue weighted by molar-refractivity contribution is -0.297. The summed E-state index contributed by atoms with van der Waals surface area (Å²) in [7, 11) is 0. The second-order valence-corrected chi connectivity index (χ2v) is 6.57. The van der Waals surface area contributed by atoms with Gasteiger partial charge in [0.2, 0.25) is 6.29 Å². The van der Waals surface area contributed by atoms with E-state index in [0.717, 1.165) is 0 Å². The molecule has 2 rings (SSSR count). The Kier molecular flexibility index (Phi) is 8.01. The lowest BCUT2D eigenvalue weighted by Crippen LogP contribution is -2.53. The number of hydrogen-bond donors (Lipinski definition) is 3. The van der Waals surface area contributed by atoms with Crippen molar-refractivity contribution in [2.45, 2.75) is 82.3 Å². The fraction of sp³-hybridized carbons (Fsp3) is 0.938. The van der Waals surface area contributed by atoms with Gasteiger partial charge in [-0.25, -0.2) is 0 Å². The van der Waals surface area contributed by atoms with Crippen LogP contribution in [0.25, 0.3) is 0 Å². The van der Waals surface area contributed by atoms with Crippen molar-refractivity contribution in [1.82, 2.24) is 0 Å². The van der Waals surface area contributed by atoms with Gasteiger partial charge in [0, 0.05) is 19.3 Å². The average Bonchev–Trinajstić information content (AvgIpc) is 2.56. The van der Waals surface area contributed by atoms with E-state index in [4.69, 9.17) is 23.7 Å². The number of aliphatic hydroxyl groups is 3. The summed E-state index contributed by atoms with van der Waals surface area (Å²) in [6.07, 6.45) is -3.83. The zero-order chi connectivity index (χ0) is 18.4. The van der Waals surface area contributed by atoms with Crippen LogP contribution in [0, 0.1) is 0 Å². The number of aliphatic hydroxyl groups excluding tert-OH is 3. The van der Waals surface area contributed by atoms with Gasteiger partial charge in [0.1, 0.15) is 12.2 Å². The molecule has 0 spiro atoms. The molecular weight excluding hydrogens is 336 g/mol. The highest BCUT2D eigenvalue weighted by Crippen LogP contribution is 2.29. The van der Waals surface area contributed by atoms with Gasteiger partial charge >= 0.3 is 0 Å². The molecule has 7 atom stereocenters. The minimum Gasteiger partial charge on any atom is -0.438 e. The van der Waals surface area contributed by atoms with E-state index in [-0.39, 0.29) is 38.3 Å². The van der Waals surface area contributed by atoms with E-state index in [0.29, 0.717) is 12.8 Å². The number of rotatable bonds is 8. The molecule has 0 aromatic heterocycles. The second-order valence-electron chi connectivity index (χ2n) is 6.57. The second kappa shape index (κ2) is 9.77. The van der Waals surface area contributed by atoms with E-state index in [1.54, 1.807) is 0 Å². The summed E-state index contributed by atoms with van der Waals surface area (Å²) in [6, 6.07) is 0. The molecule has 25 heavy (non-hydrogen) atoms. The molecule has 0 aliphatic carbocycles. The normalized spacial score (nSPS) is 39.4. The van der Waals surface area contributed by atoms with Crippen molar-refractivity contribution in [3.63, 3.8) is 0 Å². The lowest BCUT2D eigenvalue weighted by atomic mass is 10.0. The summed E-state index contributed by atoms with van der Waals surface area (Å²) in [5, 5.41) is 29.1. The Labute approximate surface area is 146 Å². The van der Waals surface area contributed by atoms with Crippen molar-refractivity contribution in [1.29, 1.82) is 0 Å². The van der Waals surface area contributed by atoms with Crippen LogP contribution < -0.4 is 0 Å². The topological polar surface area (TPSA) is 124 Å². The summed E-state index contributed by atoms with van der Waals surface area (Å²) in [5.74, 6) is 0. The first kappa shape index (κ1) is 20.5. The smallest absolute Gasteiger partial charge is 0.295 e. The number of ether oxygens (including phenoxy) is 5. The Hall–Kier alpha value is -0.810. The van der Waals surface area contributed by atoms with Gasteiger partial charge in [0.25, 0.3) is 6.47 Å². The van der Waals surface area contributed by atoms with E-state index >= 15 is 0 Å². The van der Waals surface area contributed by atoms with Crippen LogP contribution in [-0.2, 0) is 28.5 Å². The minimum absolute atomic E-state index is 0.114. The van der Waals surface area contributed by atoms with E-state index in [1.165, 1.54) is 0 Å². The predicted octanol–water partition coefficient (Wildman–Crippen LogP) is -0.696. The molecule has 0 aromatic rings. The molecule has 0 amide bonds. The Morgan fingerprint density at radius 1 is 1.12 bits per heavy atom. The van der Waals surface area contributed by atoms with Crippen molar-refractivity contribution < 1.29 is 43.8 Å². The highest BCUT2D eigenvalue weighted by molar-refractivity contribution is 5.37. The maximum absolute atomic E-state index is 10.5. The summed E-state index contributed by atoms with van der Waals surface area (Å²) < 4.78 is 27.4. The van der Waals surface area contributed by atoms with Crippen LogP contribution in [0.15, 0.2) is 0 Å². The number of hydrogen-bond acceptors (Lipinski definition) is 9. The Morgan fingerprint density at radius 3 is 2.48 bits per heavy atom. The number of carbonyl (C=O) groups excluding carboxylic acids is 1. The molecule has 2 saturated heterocycles. The zero-order valence-electron chi connectivity index (χ0n) is 14.5. The van der Waals surface area contributed by atoms with Gasteiger partial charge in [-0.1, -0.05) is 0 Å². The van der Waals surface area contributed by atoms with Gasteiger partial charge in [-0.3, -0.25) is 4.79 Å². The van der Waals surface area contributed by atoms with Crippen LogP contribution in [0.5, 0.6) is 0 Å². The Morgan fingerprint density at radius 2 is 1.88 bits per heavy atom. The molecule has 5 unspecified atom stereocenters. The maximum atomic E-state index is 10.5. The van der Waals surface area contributed by atoms with Crippen molar-refractivity contribution >= 4 is 6.47 Å². The van der Waals surface area contributed by atoms with Crippen LogP contribution >= 0.6 is 0 Å². The molecule has 3 N–H and O–H groups in total. The molecule has 2 aliphatic rings. The lowest BCUT2D eigenvalue weighted by Gasteiger charge is -2.41. The van der Waals surface area contributed by atoms with Crippen LogP contribution in [0.1, 0.15) is 33.1 Å². The Balaban J connectivity index is 1.94. The van der Waals surface area contributed by atoms with Gasteiger partial charge in [0.05, 0.1) is 37.6 Å². The Bertz CT molecular complexity index is 405. The molecule has 9 heteroatoms. The molecule has 0 aromatic carbocycles. The summed E-state index contributed by atoms with van der Waals surface area (Å²) in [4.78, 5) is 10.5. The third kappa shape index (κ3) is 5.85. The van der Waals surface area contributed by atoms with E-state index in [1.807, 2.05) is 13.8 Å². The van der Waals surface area contributed by atoms with Crippen LogP contribution in [0.3, 0.4) is 0 Å². The molecule has 0 bridgehead atoms. The molecule has 0 radical (unpaired) electrons. The first-order valence-electron chi connectivity index (χ1n) is 8.57. The van der Waals surface area contributed by atoms with Crippen LogP contribution in [-0.4, -0.2) is 84.2 Å². The molecule has 2 aliphatic heterocycles. The van der Waals surface area contributed by atoms with E-state index < -0.39 is 37.0 Å². The molecule has 146 valence electrons. The quantitative estimate of drug-likeness (QED) is 0.480. The first-order chi connectivity index (χ1) is 12.0. The average molecular weight is 364 g/mol. The first-order valence-corrected chi connectivity index (χ1v) is 8.57. The predicted molar refractivity (Wildman–Crippen MR) is 83.4 cm³/mol. The molecule has 0 saturated carbocycles. The van der Waals surface area contributed by atoms with Gasteiger partial charge < -0.3 is 39.0 Å². The molecule has 2 fully saturated rings. The third-order valence-electron chi connectivity index (χ3n) is 4.20. The monoisotopic (exact) mass is 364 g/mol. The summed E-state index contributed by atoms with van der Waals surface area (Å²) in [6.45, 7) is 3.44. The summed E-state index contributed by atoms with van der Waals surface area (Å²) in [5.41, 5.74) is 0. The number of carbonyl (C=O) groups is 1. The van der Waals surface area contributed by atoms with E-state index in [9.17, 15) is 20.1 Å². The SMILES string of the molecule is CC(C)O[C@H]1C(O)C[C@@H](OC2CC(CO)OC(OC=O)C2)OC1CO. The third-order valence-corrected chi connectivity index (χ3v) is 4.20. The van der Waals surface area contributed by atoms with Crippen molar-refractivity contribution in [3.05, 3.63) is 0 Å². The zero-order valence-corrected chi connectivity index (χ0v) is 14.5. The standard InChI is InChI=1S/C16H28O9/c1-9(2)22-16-12(20)5-15(25-13(16)7-18)23-10-3-11(6-17)24-14(4-10)21-8-19/h8-18,20H,3-7H2,1-2H3/t10?,11?,12?,13?,14?,15-,16-/m0/s1. The minimum atomic E-state index is -0.839. The largest absolute Gasteiger partial charge is 0.438 e. The molecular formula is C16H28O9. The fourth-order valence-electron chi connectivity index (χ4n) is 3.16. The summed E-state index contributed by atoms with van der Waals surface area (Å²) >= 11 is 0. The van der Waals surface area contributed by atoms with E-state index in [2.05, 4.69) is 0 Å².